The molecule has 0 radical (unpaired) electrons. The van der Waals surface area contributed by atoms with Gasteiger partial charge in [0.15, 0.2) is 5.82 Å². The summed E-state index contributed by atoms with van der Waals surface area (Å²) in [5, 5.41) is 3.50. The van der Waals surface area contributed by atoms with Gasteiger partial charge in [-0.1, -0.05) is 21.1 Å². The van der Waals surface area contributed by atoms with Crippen molar-refractivity contribution in [3.8, 4) is 0 Å². The van der Waals surface area contributed by atoms with Crippen LogP contribution in [0.2, 0.25) is 0 Å². The van der Waals surface area contributed by atoms with Crippen molar-refractivity contribution in [3.63, 3.8) is 0 Å². The molecule has 0 atom stereocenters. The second-order valence-electron chi connectivity index (χ2n) is 3.33. The number of nitrogens with zero attached hydrogens (tertiary/aromatic N) is 2. The van der Waals surface area contributed by atoms with E-state index in [4.69, 9.17) is 4.52 Å². The largest absolute Gasteiger partial charge is 0.335 e. The predicted octanol–water partition coefficient (Wildman–Crippen LogP) is 2.70. The van der Waals surface area contributed by atoms with Gasteiger partial charge in [-0.2, -0.15) is 4.98 Å². The van der Waals surface area contributed by atoms with Crippen molar-refractivity contribution < 1.29 is 12.9 Å². The fraction of sp³-hybridized carbons (Fsp3) is 0.111. The second-order valence-corrected chi connectivity index (χ2v) is 6.75. The van der Waals surface area contributed by atoms with Gasteiger partial charge in [0, 0.05) is 8.95 Å². The Kier molecular flexibility index (Phi) is 3.74. The molecule has 96 valence electrons. The van der Waals surface area contributed by atoms with Crippen LogP contribution in [0, 0.1) is 6.92 Å². The molecule has 0 aliphatic heterocycles. The van der Waals surface area contributed by atoms with E-state index >= 15 is 0 Å². The van der Waals surface area contributed by atoms with Crippen LogP contribution in [-0.2, 0) is 10.0 Å². The summed E-state index contributed by atoms with van der Waals surface area (Å²) >= 11 is 6.43. The quantitative estimate of drug-likeness (QED) is 0.861. The molecule has 2 rings (SSSR count). The smallest absolute Gasteiger partial charge is 0.314 e. The molecule has 0 fully saturated rings. The van der Waals surface area contributed by atoms with Gasteiger partial charge in [-0.3, -0.25) is 0 Å². The first-order valence-corrected chi connectivity index (χ1v) is 7.73. The summed E-state index contributed by atoms with van der Waals surface area (Å²) in [4.78, 5) is 3.86. The van der Waals surface area contributed by atoms with Crippen LogP contribution in [0.4, 0.5) is 6.01 Å². The molecule has 0 spiro atoms. The molecule has 1 aromatic heterocycles. The Balaban J connectivity index is 2.36. The van der Waals surface area contributed by atoms with Crippen LogP contribution in [0.1, 0.15) is 5.82 Å². The van der Waals surface area contributed by atoms with Crippen LogP contribution >= 0.6 is 31.9 Å². The number of aryl methyl sites for hydroxylation is 1. The molecule has 0 saturated heterocycles. The van der Waals surface area contributed by atoms with E-state index in [1.165, 1.54) is 6.07 Å². The first kappa shape index (κ1) is 13.5. The van der Waals surface area contributed by atoms with E-state index in [-0.39, 0.29) is 10.9 Å². The highest BCUT2D eigenvalue weighted by molar-refractivity contribution is 9.11. The van der Waals surface area contributed by atoms with Crippen LogP contribution in [-0.4, -0.2) is 18.6 Å². The molecular formula is C9H7Br2N3O3S. The molecule has 6 nitrogen and oxygen atoms in total. The zero-order chi connectivity index (χ0) is 13.3. The molecule has 2 aromatic rings. The Bertz CT molecular complexity index is 684. The maximum absolute atomic E-state index is 12.1. The number of nitrogens with one attached hydrogen (secondary N) is 1. The first-order chi connectivity index (χ1) is 8.38. The number of halogens is 2. The van der Waals surface area contributed by atoms with E-state index in [0.29, 0.717) is 10.3 Å². The molecule has 18 heavy (non-hydrogen) atoms. The fourth-order valence-corrected chi connectivity index (χ4v) is 3.87. The zero-order valence-corrected chi connectivity index (χ0v) is 13.0. The van der Waals surface area contributed by atoms with Gasteiger partial charge in [0.1, 0.15) is 4.90 Å². The highest BCUT2D eigenvalue weighted by Gasteiger charge is 2.20. The lowest BCUT2D eigenvalue weighted by atomic mass is 10.4. The van der Waals surface area contributed by atoms with Crippen molar-refractivity contribution in [2.24, 2.45) is 0 Å². The Morgan fingerprint density at radius 2 is 2.06 bits per heavy atom. The predicted molar refractivity (Wildman–Crippen MR) is 71.7 cm³/mol. The maximum Gasteiger partial charge on any atom is 0.335 e. The third-order valence-electron chi connectivity index (χ3n) is 1.93. The fourth-order valence-electron chi connectivity index (χ4n) is 1.20. The number of benzene rings is 1. The second kappa shape index (κ2) is 4.98. The number of anilines is 1. The van der Waals surface area contributed by atoms with Crippen molar-refractivity contribution in [1.29, 1.82) is 0 Å². The van der Waals surface area contributed by atoms with Gasteiger partial charge in [-0.05, 0) is 41.1 Å². The van der Waals surface area contributed by atoms with Crippen molar-refractivity contribution >= 4 is 47.9 Å². The number of hydrogen-bond donors (Lipinski definition) is 1. The van der Waals surface area contributed by atoms with E-state index < -0.39 is 10.0 Å². The van der Waals surface area contributed by atoms with E-state index in [1.54, 1.807) is 19.1 Å². The summed E-state index contributed by atoms with van der Waals surface area (Å²) in [5.74, 6) is 0.350. The lowest BCUT2D eigenvalue weighted by molar-refractivity contribution is 0.429. The van der Waals surface area contributed by atoms with E-state index in [0.717, 1.165) is 4.47 Å². The summed E-state index contributed by atoms with van der Waals surface area (Å²) in [5.41, 5.74) is 0. The van der Waals surface area contributed by atoms with Crippen molar-refractivity contribution in [3.05, 3.63) is 33.0 Å². The topological polar surface area (TPSA) is 85.1 Å². The van der Waals surface area contributed by atoms with Gasteiger partial charge in [0.2, 0.25) is 0 Å². The maximum atomic E-state index is 12.1. The van der Waals surface area contributed by atoms with Gasteiger partial charge in [0.25, 0.3) is 10.0 Å². The van der Waals surface area contributed by atoms with Crippen molar-refractivity contribution in [1.82, 2.24) is 10.1 Å². The highest BCUT2D eigenvalue weighted by atomic mass is 79.9. The molecular weight excluding hydrogens is 390 g/mol. The lowest BCUT2D eigenvalue weighted by Gasteiger charge is -2.06. The molecule has 1 aromatic carbocycles. The van der Waals surface area contributed by atoms with Gasteiger partial charge >= 0.3 is 6.01 Å². The number of rotatable bonds is 3. The minimum Gasteiger partial charge on any atom is -0.314 e. The van der Waals surface area contributed by atoms with Crippen LogP contribution in [0.5, 0.6) is 0 Å². The minimum absolute atomic E-state index is 0.0848. The van der Waals surface area contributed by atoms with Crippen molar-refractivity contribution in [2.75, 3.05) is 4.72 Å². The van der Waals surface area contributed by atoms with Gasteiger partial charge in [0.05, 0.1) is 0 Å². The van der Waals surface area contributed by atoms with Gasteiger partial charge in [-0.25, -0.2) is 13.1 Å². The Morgan fingerprint density at radius 1 is 1.33 bits per heavy atom. The minimum atomic E-state index is -3.76. The highest BCUT2D eigenvalue weighted by Crippen LogP contribution is 2.26. The molecule has 0 unspecified atom stereocenters. The summed E-state index contributed by atoms with van der Waals surface area (Å²) in [6.45, 7) is 1.59. The van der Waals surface area contributed by atoms with Gasteiger partial charge < -0.3 is 4.52 Å². The van der Waals surface area contributed by atoms with E-state index in [9.17, 15) is 8.42 Å². The number of aromatic nitrogens is 2. The molecule has 0 aliphatic rings. The summed E-state index contributed by atoms with van der Waals surface area (Å²) in [6, 6.07) is 4.55. The third-order valence-corrected chi connectivity index (χ3v) is 4.72. The van der Waals surface area contributed by atoms with Gasteiger partial charge in [-0.15, -0.1) is 0 Å². The molecule has 0 amide bonds. The first-order valence-electron chi connectivity index (χ1n) is 4.67. The number of hydrogen-bond acceptors (Lipinski definition) is 5. The molecule has 0 bridgehead atoms. The molecule has 1 N–H and O–H groups in total. The van der Waals surface area contributed by atoms with Crippen LogP contribution in [0.3, 0.4) is 0 Å². The Hall–Kier alpha value is -0.930. The Morgan fingerprint density at radius 3 is 2.61 bits per heavy atom. The zero-order valence-electron chi connectivity index (χ0n) is 9.02. The number of sulfonamides is 1. The van der Waals surface area contributed by atoms with Crippen LogP contribution < -0.4 is 4.72 Å². The molecule has 1 heterocycles. The molecule has 9 heteroatoms. The molecule has 0 aliphatic carbocycles. The SMILES string of the molecule is Cc1noc(NS(=O)(=O)c2ccc(Br)cc2Br)n1. The normalized spacial score (nSPS) is 11.5. The third kappa shape index (κ3) is 2.90. The monoisotopic (exact) mass is 395 g/mol. The summed E-state index contributed by atoms with van der Waals surface area (Å²) in [7, 11) is -3.76. The lowest BCUT2D eigenvalue weighted by Crippen LogP contribution is -2.13. The van der Waals surface area contributed by atoms with Crippen LogP contribution in [0.15, 0.2) is 36.6 Å². The summed E-state index contributed by atoms with van der Waals surface area (Å²) < 4.78 is 32.2. The van der Waals surface area contributed by atoms with E-state index in [1.807, 2.05) is 0 Å². The standard InChI is InChI=1S/C9H7Br2N3O3S/c1-5-12-9(17-13-5)14-18(15,16)8-3-2-6(10)4-7(8)11/h2-4H,1H3,(H,12,13,14). The Labute approximate surface area is 120 Å². The molecule has 0 saturated carbocycles. The average Bonchev–Trinajstić information content (AvgIpc) is 2.62. The van der Waals surface area contributed by atoms with Crippen LogP contribution in [0.25, 0.3) is 0 Å². The van der Waals surface area contributed by atoms with Crippen molar-refractivity contribution in [2.45, 2.75) is 11.8 Å². The average molecular weight is 397 g/mol. The van der Waals surface area contributed by atoms with E-state index in [2.05, 4.69) is 46.7 Å². The summed E-state index contributed by atoms with van der Waals surface area (Å²) in [6.07, 6.45) is 0.